The van der Waals surface area contributed by atoms with Gasteiger partial charge in [0.25, 0.3) is 0 Å². The van der Waals surface area contributed by atoms with Gasteiger partial charge < -0.3 is 14.8 Å². The minimum absolute atomic E-state index is 0.0734. The minimum Gasteiger partial charge on any atom is -0.461 e. The highest BCUT2D eigenvalue weighted by Crippen LogP contribution is 2.32. The topological polar surface area (TPSA) is 81.7 Å². The Morgan fingerprint density at radius 2 is 1.51 bits per heavy atom. The zero-order valence-corrected chi connectivity index (χ0v) is 23.0. The fraction of sp³-hybridized carbons (Fsp3) is 0.897. The van der Waals surface area contributed by atoms with Gasteiger partial charge in [0.05, 0.1) is 5.92 Å². The maximum absolute atomic E-state index is 12.9. The van der Waals surface area contributed by atoms with Gasteiger partial charge in [-0.3, -0.25) is 9.59 Å². The van der Waals surface area contributed by atoms with Crippen molar-refractivity contribution in [3.05, 3.63) is 0 Å². The molecule has 1 heterocycles. The second-order valence-corrected chi connectivity index (χ2v) is 10.8. The third-order valence-electron chi connectivity index (χ3n) is 7.06. The Hall–Kier alpha value is -1.59. The van der Waals surface area contributed by atoms with Crippen molar-refractivity contribution in [1.29, 1.82) is 0 Å². The van der Waals surface area contributed by atoms with E-state index in [0.29, 0.717) is 19.3 Å². The number of cyclic esters (lactones) is 1. The molecule has 1 saturated heterocycles. The van der Waals surface area contributed by atoms with E-state index in [1.807, 2.05) is 13.8 Å². The van der Waals surface area contributed by atoms with Crippen molar-refractivity contribution in [2.75, 3.05) is 0 Å². The van der Waals surface area contributed by atoms with Gasteiger partial charge in [-0.15, -0.1) is 0 Å². The van der Waals surface area contributed by atoms with E-state index in [9.17, 15) is 14.4 Å². The molecule has 1 aliphatic heterocycles. The average molecular weight is 496 g/mol. The normalized spacial score (nSPS) is 19.1. The molecule has 204 valence electrons. The Kier molecular flexibility index (Phi) is 17.6. The van der Waals surface area contributed by atoms with Gasteiger partial charge in [-0.25, -0.2) is 4.79 Å². The summed E-state index contributed by atoms with van der Waals surface area (Å²) in [5.41, 5.74) is 0. The van der Waals surface area contributed by atoms with Gasteiger partial charge in [-0.1, -0.05) is 105 Å². The molecule has 1 rings (SSSR count). The zero-order valence-electron chi connectivity index (χ0n) is 23.0. The molecular formula is C29H53NO5. The molecule has 1 amide bonds. The first-order valence-corrected chi connectivity index (χ1v) is 14.5. The van der Waals surface area contributed by atoms with Gasteiger partial charge in [0.15, 0.2) is 0 Å². The first-order valence-electron chi connectivity index (χ1n) is 14.5. The lowest BCUT2D eigenvalue weighted by Crippen LogP contribution is -2.48. The third-order valence-corrected chi connectivity index (χ3v) is 7.06. The smallest absolute Gasteiger partial charge is 0.328 e. The van der Waals surface area contributed by atoms with Crippen LogP contribution < -0.4 is 5.32 Å². The summed E-state index contributed by atoms with van der Waals surface area (Å²) in [5, 5.41) is 2.62. The average Bonchev–Trinajstić information content (AvgIpc) is 2.81. The van der Waals surface area contributed by atoms with E-state index in [1.54, 1.807) is 0 Å². The molecule has 1 aliphatic rings. The Labute approximate surface area is 214 Å². The lowest BCUT2D eigenvalue weighted by atomic mass is 9.86. The molecule has 0 radical (unpaired) electrons. The number of hydrogen-bond acceptors (Lipinski definition) is 5. The minimum atomic E-state index is -0.632. The van der Waals surface area contributed by atoms with Crippen molar-refractivity contribution in [2.24, 2.45) is 11.8 Å². The predicted molar refractivity (Wildman–Crippen MR) is 141 cm³/mol. The molecule has 0 spiro atoms. The highest BCUT2D eigenvalue weighted by atomic mass is 16.6. The number of carbonyl (C=O) groups excluding carboxylic acids is 3. The van der Waals surface area contributed by atoms with Gasteiger partial charge in [-0.05, 0) is 31.6 Å². The number of esters is 2. The number of unbranched alkanes of at least 4 members (excludes halogenated alkanes) is 11. The number of ether oxygens (including phenoxy) is 2. The summed E-state index contributed by atoms with van der Waals surface area (Å²) in [6.45, 7) is 8.45. The molecule has 4 atom stereocenters. The molecular weight excluding hydrogens is 442 g/mol. The summed E-state index contributed by atoms with van der Waals surface area (Å²) in [7, 11) is 0. The van der Waals surface area contributed by atoms with Gasteiger partial charge in [0.1, 0.15) is 18.2 Å². The number of rotatable bonds is 23. The van der Waals surface area contributed by atoms with Crippen molar-refractivity contribution < 1.29 is 23.9 Å². The van der Waals surface area contributed by atoms with E-state index in [-0.39, 0.29) is 36.0 Å². The summed E-state index contributed by atoms with van der Waals surface area (Å²) < 4.78 is 11.4. The fourth-order valence-electron chi connectivity index (χ4n) is 4.90. The zero-order chi connectivity index (χ0) is 25.9. The molecule has 0 saturated carbocycles. The Balaban J connectivity index is 2.58. The summed E-state index contributed by atoms with van der Waals surface area (Å²) in [6.07, 6.45) is 18.5. The number of amides is 1. The van der Waals surface area contributed by atoms with Crippen LogP contribution in [0.4, 0.5) is 0 Å². The van der Waals surface area contributed by atoms with Crippen molar-refractivity contribution in [3.63, 3.8) is 0 Å². The molecule has 1 N–H and O–H groups in total. The highest BCUT2D eigenvalue weighted by molar-refractivity contribution is 5.79. The quantitative estimate of drug-likeness (QED) is 0.0949. The molecule has 1 fully saturated rings. The molecule has 0 aromatic heterocycles. The van der Waals surface area contributed by atoms with Crippen LogP contribution in [0.5, 0.6) is 0 Å². The maximum atomic E-state index is 12.9. The van der Waals surface area contributed by atoms with Crippen LogP contribution in [0.3, 0.4) is 0 Å². The Bertz CT molecular complexity index is 579. The lowest BCUT2D eigenvalue weighted by Gasteiger charge is -2.37. The number of carbonyl (C=O) groups is 3. The molecule has 0 bridgehead atoms. The van der Waals surface area contributed by atoms with Crippen LogP contribution >= 0.6 is 0 Å². The van der Waals surface area contributed by atoms with E-state index in [0.717, 1.165) is 38.5 Å². The van der Waals surface area contributed by atoms with Crippen molar-refractivity contribution in [2.45, 2.75) is 155 Å². The van der Waals surface area contributed by atoms with Crippen LogP contribution in [-0.4, -0.2) is 36.6 Å². The lowest BCUT2D eigenvalue weighted by molar-refractivity contribution is -0.190. The van der Waals surface area contributed by atoms with E-state index in [4.69, 9.17) is 9.47 Å². The molecule has 0 aromatic rings. The molecule has 0 aromatic carbocycles. The number of nitrogens with one attached hydrogen (secondary N) is 1. The van der Waals surface area contributed by atoms with Crippen LogP contribution in [0.1, 0.15) is 137 Å². The largest absolute Gasteiger partial charge is 0.461 e. The maximum Gasteiger partial charge on any atom is 0.328 e. The highest BCUT2D eigenvalue weighted by Gasteiger charge is 2.43. The van der Waals surface area contributed by atoms with Crippen molar-refractivity contribution in [1.82, 2.24) is 5.32 Å². The second-order valence-electron chi connectivity index (χ2n) is 10.8. The van der Waals surface area contributed by atoms with Crippen molar-refractivity contribution in [3.8, 4) is 0 Å². The standard InChI is InChI=1S/C29H53NO5/c1-5-7-9-11-12-13-14-15-16-18-24(34-29(33)26(30-22-31)20-23(3)4)21-27-25(28(32)35-27)19-17-10-8-6-2/h22-27H,5-21H2,1-4H3,(H,30,31)/t24-,25-,26+,27-/m1/s1. The van der Waals surface area contributed by atoms with E-state index in [2.05, 4.69) is 19.2 Å². The Morgan fingerprint density at radius 3 is 2.06 bits per heavy atom. The molecule has 35 heavy (non-hydrogen) atoms. The van der Waals surface area contributed by atoms with Crippen LogP contribution in [-0.2, 0) is 23.9 Å². The van der Waals surface area contributed by atoms with E-state index in [1.165, 1.54) is 57.8 Å². The molecule has 0 aliphatic carbocycles. The molecule has 0 unspecified atom stereocenters. The predicted octanol–water partition coefficient (Wildman–Crippen LogP) is 6.88. The van der Waals surface area contributed by atoms with Crippen LogP contribution in [0, 0.1) is 11.8 Å². The van der Waals surface area contributed by atoms with E-state index < -0.39 is 6.04 Å². The number of hydrogen-bond donors (Lipinski definition) is 1. The van der Waals surface area contributed by atoms with Gasteiger partial charge >= 0.3 is 11.9 Å². The van der Waals surface area contributed by atoms with Crippen molar-refractivity contribution >= 4 is 18.3 Å². The van der Waals surface area contributed by atoms with Crippen LogP contribution in [0.2, 0.25) is 0 Å². The van der Waals surface area contributed by atoms with Gasteiger partial charge in [0.2, 0.25) is 6.41 Å². The summed E-state index contributed by atoms with van der Waals surface area (Å²) in [5.74, 6) is -0.302. The van der Waals surface area contributed by atoms with Gasteiger partial charge in [0, 0.05) is 6.42 Å². The van der Waals surface area contributed by atoms with Crippen LogP contribution in [0.25, 0.3) is 0 Å². The summed E-state index contributed by atoms with van der Waals surface area (Å²) >= 11 is 0. The Morgan fingerprint density at radius 1 is 0.943 bits per heavy atom. The monoisotopic (exact) mass is 495 g/mol. The van der Waals surface area contributed by atoms with Gasteiger partial charge in [-0.2, -0.15) is 0 Å². The summed E-state index contributed by atoms with van der Waals surface area (Å²) in [6, 6.07) is -0.632. The summed E-state index contributed by atoms with van der Waals surface area (Å²) in [4.78, 5) is 36.0. The molecule has 6 heteroatoms. The molecule has 6 nitrogen and oxygen atoms in total. The SMILES string of the molecule is CCCCCCCCCCC[C@H](C[C@H]1OC(=O)[C@@H]1CCCCCC)OC(=O)[C@H](CC(C)C)NC=O. The third kappa shape index (κ3) is 13.9. The van der Waals surface area contributed by atoms with Crippen LogP contribution in [0.15, 0.2) is 0 Å². The van der Waals surface area contributed by atoms with E-state index >= 15 is 0 Å². The first-order chi connectivity index (χ1) is 16.9. The first kappa shape index (κ1) is 31.4. The fourth-order valence-corrected chi connectivity index (χ4v) is 4.90. The second kappa shape index (κ2) is 19.6.